The number of aromatic nitrogens is 2. The summed E-state index contributed by atoms with van der Waals surface area (Å²) in [5, 5.41) is 2.57. The number of nitrogens with zero attached hydrogens (tertiary/aromatic N) is 2. The predicted octanol–water partition coefficient (Wildman–Crippen LogP) is 14.6. The van der Waals surface area contributed by atoms with Crippen LogP contribution in [0.3, 0.4) is 0 Å². The molecule has 276 valence electrons. The monoisotopic (exact) mass is 742 g/mol. The summed E-state index contributed by atoms with van der Waals surface area (Å²) in [6, 6.07) is 66.3. The first kappa shape index (κ1) is 34.4. The molecule has 2 aliphatic carbocycles. The van der Waals surface area contributed by atoms with Gasteiger partial charge in [-0.05, 0) is 108 Å². The van der Waals surface area contributed by atoms with Gasteiger partial charge in [0, 0.05) is 27.5 Å². The van der Waals surface area contributed by atoms with E-state index in [4.69, 9.17) is 9.97 Å². The molecule has 2 nitrogen and oxygen atoms in total. The molecule has 0 spiro atoms. The molecule has 2 aliphatic rings. The van der Waals surface area contributed by atoms with Gasteiger partial charge < -0.3 is 0 Å². The molecule has 2 heteroatoms. The van der Waals surface area contributed by atoms with Crippen molar-refractivity contribution in [2.75, 3.05) is 0 Å². The van der Waals surface area contributed by atoms with Gasteiger partial charge >= 0.3 is 0 Å². The molecule has 0 fully saturated rings. The van der Waals surface area contributed by atoms with Crippen LogP contribution < -0.4 is 0 Å². The topological polar surface area (TPSA) is 25.8 Å². The predicted molar refractivity (Wildman–Crippen MR) is 242 cm³/mol. The second-order valence-corrected chi connectivity index (χ2v) is 17.0. The Morgan fingerprint density at radius 2 is 0.828 bits per heavy atom. The van der Waals surface area contributed by atoms with Crippen LogP contribution in [0.4, 0.5) is 0 Å². The molecule has 0 atom stereocenters. The Bertz CT molecular complexity index is 3080. The maximum Gasteiger partial charge on any atom is 0.160 e. The van der Waals surface area contributed by atoms with E-state index in [-0.39, 0.29) is 10.8 Å². The first-order valence-electron chi connectivity index (χ1n) is 20.3. The van der Waals surface area contributed by atoms with Crippen LogP contribution >= 0.6 is 0 Å². The minimum absolute atomic E-state index is 0.0868. The van der Waals surface area contributed by atoms with Crippen molar-refractivity contribution in [2.24, 2.45) is 0 Å². The Morgan fingerprint density at radius 1 is 0.310 bits per heavy atom. The summed E-state index contributed by atoms with van der Waals surface area (Å²) < 4.78 is 0. The second kappa shape index (κ2) is 12.8. The van der Waals surface area contributed by atoms with Crippen LogP contribution in [-0.4, -0.2) is 9.97 Å². The molecule has 58 heavy (non-hydrogen) atoms. The number of hydrogen-bond acceptors (Lipinski definition) is 2. The van der Waals surface area contributed by atoms with Crippen LogP contribution in [0.2, 0.25) is 0 Å². The third-order valence-electron chi connectivity index (χ3n) is 12.9. The van der Waals surface area contributed by atoms with Crippen LogP contribution in [0.5, 0.6) is 0 Å². The molecule has 0 bridgehead atoms. The number of rotatable bonds is 5. The minimum atomic E-state index is -0.167. The molecule has 9 aromatic rings. The summed E-state index contributed by atoms with van der Waals surface area (Å²) in [6.07, 6.45) is 0. The van der Waals surface area contributed by atoms with E-state index in [2.05, 4.69) is 204 Å². The molecule has 0 unspecified atom stereocenters. The fourth-order valence-electron chi connectivity index (χ4n) is 9.70. The second-order valence-electron chi connectivity index (χ2n) is 17.0. The molecule has 11 rings (SSSR count). The van der Waals surface area contributed by atoms with Gasteiger partial charge in [0.05, 0.1) is 11.4 Å². The van der Waals surface area contributed by atoms with Gasteiger partial charge in [-0.25, -0.2) is 9.97 Å². The third-order valence-corrected chi connectivity index (χ3v) is 12.9. The van der Waals surface area contributed by atoms with Crippen molar-refractivity contribution in [1.29, 1.82) is 0 Å². The van der Waals surface area contributed by atoms with Crippen LogP contribution in [0.25, 0.3) is 89.2 Å². The zero-order chi connectivity index (χ0) is 39.2. The lowest BCUT2D eigenvalue weighted by molar-refractivity contribution is 0.661. The molecule has 1 aromatic heterocycles. The zero-order valence-corrected chi connectivity index (χ0v) is 33.2. The van der Waals surface area contributed by atoms with Gasteiger partial charge in [-0.2, -0.15) is 0 Å². The highest BCUT2D eigenvalue weighted by atomic mass is 14.9. The summed E-state index contributed by atoms with van der Waals surface area (Å²) in [6.45, 7) is 9.42. The molecule has 8 aromatic carbocycles. The van der Waals surface area contributed by atoms with E-state index in [1.807, 2.05) is 6.07 Å². The van der Waals surface area contributed by atoms with Crippen molar-refractivity contribution in [2.45, 2.75) is 38.5 Å². The van der Waals surface area contributed by atoms with Gasteiger partial charge in [0.15, 0.2) is 5.82 Å². The smallest absolute Gasteiger partial charge is 0.160 e. The van der Waals surface area contributed by atoms with E-state index in [0.29, 0.717) is 0 Å². The first-order chi connectivity index (χ1) is 28.2. The van der Waals surface area contributed by atoms with E-state index >= 15 is 0 Å². The fraction of sp³-hybridized carbons (Fsp3) is 0.107. The van der Waals surface area contributed by atoms with Crippen LogP contribution in [0.1, 0.15) is 49.9 Å². The highest BCUT2D eigenvalue weighted by Crippen LogP contribution is 2.54. The summed E-state index contributed by atoms with van der Waals surface area (Å²) in [4.78, 5) is 10.4. The highest BCUT2D eigenvalue weighted by molar-refractivity contribution is 5.98. The Kier molecular flexibility index (Phi) is 7.59. The summed E-state index contributed by atoms with van der Waals surface area (Å²) in [5.41, 5.74) is 20.4. The summed E-state index contributed by atoms with van der Waals surface area (Å²) >= 11 is 0. The van der Waals surface area contributed by atoms with E-state index in [1.165, 1.54) is 77.5 Å². The lowest BCUT2D eigenvalue weighted by Crippen LogP contribution is -2.15. The maximum atomic E-state index is 5.23. The van der Waals surface area contributed by atoms with Gasteiger partial charge in [0.2, 0.25) is 0 Å². The van der Waals surface area contributed by atoms with Gasteiger partial charge in [0.1, 0.15) is 0 Å². The first-order valence-corrected chi connectivity index (χ1v) is 20.3. The Hall–Kier alpha value is -6.90. The van der Waals surface area contributed by atoms with Crippen molar-refractivity contribution in [3.63, 3.8) is 0 Å². The quantitative estimate of drug-likeness (QED) is 0.175. The molecular weight excluding hydrogens is 701 g/mol. The normalized spacial score (nSPS) is 14.1. The fourth-order valence-corrected chi connectivity index (χ4v) is 9.70. The van der Waals surface area contributed by atoms with Gasteiger partial charge in [0.25, 0.3) is 0 Å². The Labute approximate surface area is 340 Å². The van der Waals surface area contributed by atoms with E-state index in [9.17, 15) is 0 Å². The molecule has 0 amide bonds. The molecule has 1 heterocycles. The summed E-state index contributed by atoms with van der Waals surface area (Å²) in [5.74, 6) is 0.722. The van der Waals surface area contributed by atoms with Crippen molar-refractivity contribution in [3.05, 3.63) is 204 Å². The largest absolute Gasteiger partial charge is 0.228 e. The standard InChI is InChI=1S/C56H42N2/c1-55(2)47-21-13-20-43(53(47)46-30-39-18-11-12-19-40(39)31-50(46)55)36-22-24-37(25-23-36)51-34-52(58-54(57-51)38-16-9-6-10-17-38)42-27-29-45-44-28-26-41(35-14-7-5-8-15-35)32-48(44)56(3,4)49(45)33-42/h5-34H,1-4H3. The molecular formula is C56H42N2. The van der Waals surface area contributed by atoms with E-state index in [0.717, 1.165) is 33.9 Å². The van der Waals surface area contributed by atoms with Crippen LogP contribution in [0, 0.1) is 0 Å². The lowest BCUT2D eigenvalue weighted by Gasteiger charge is -2.22. The van der Waals surface area contributed by atoms with Crippen LogP contribution in [-0.2, 0) is 10.8 Å². The Balaban J connectivity index is 0.993. The number of fused-ring (bicyclic) bond motifs is 7. The number of benzene rings is 8. The summed E-state index contributed by atoms with van der Waals surface area (Å²) in [7, 11) is 0. The Morgan fingerprint density at radius 3 is 1.52 bits per heavy atom. The highest BCUT2D eigenvalue weighted by Gasteiger charge is 2.38. The van der Waals surface area contributed by atoms with Gasteiger partial charge in [-0.1, -0.05) is 179 Å². The van der Waals surface area contributed by atoms with Crippen molar-refractivity contribution in [3.8, 4) is 78.4 Å². The average molecular weight is 743 g/mol. The molecule has 0 radical (unpaired) electrons. The van der Waals surface area contributed by atoms with Crippen molar-refractivity contribution >= 4 is 10.8 Å². The molecule has 0 aliphatic heterocycles. The SMILES string of the molecule is CC1(C)c2cc(-c3ccccc3)ccc2-c2ccc(-c3cc(-c4ccc(-c5cccc6c5-c5cc7ccccc7cc5C6(C)C)cc4)nc(-c4ccccc4)n3)cc21. The molecule has 0 N–H and O–H groups in total. The zero-order valence-electron chi connectivity index (χ0n) is 33.2. The van der Waals surface area contributed by atoms with Crippen molar-refractivity contribution < 1.29 is 0 Å². The maximum absolute atomic E-state index is 5.23. The van der Waals surface area contributed by atoms with Gasteiger partial charge in [-0.3, -0.25) is 0 Å². The lowest BCUT2D eigenvalue weighted by atomic mass is 9.81. The average Bonchev–Trinajstić information content (AvgIpc) is 3.64. The van der Waals surface area contributed by atoms with Gasteiger partial charge in [-0.15, -0.1) is 0 Å². The van der Waals surface area contributed by atoms with E-state index < -0.39 is 0 Å². The van der Waals surface area contributed by atoms with Crippen molar-refractivity contribution in [1.82, 2.24) is 9.97 Å². The van der Waals surface area contributed by atoms with E-state index in [1.54, 1.807) is 0 Å². The van der Waals surface area contributed by atoms with Crippen LogP contribution in [0.15, 0.2) is 182 Å². The molecule has 0 saturated heterocycles. The number of hydrogen-bond donors (Lipinski definition) is 0. The minimum Gasteiger partial charge on any atom is -0.228 e. The molecule has 0 saturated carbocycles. The third kappa shape index (κ3) is 5.32.